The first-order chi connectivity index (χ1) is 7.00. The van der Waals surface area contributed by atoms with Gasteiger partial charge in [0.25, 0.3) is 0 Å². The summed E-state index contributed by atoms with van der Waals surface area (Å²) in [4.78, 5) is 0. The molecule has 3 aliphatic rings. The van der Waals surface area contributed by atoms with Crippen LogP contribution in [0.25, 0.3) is 0 Å². The molecular weight excluding hydrogens is 652 g/mol. The summed E-state index contributed by atoms with van der Waals surface area (Å²) in [6.45, 7) is 0. The summed E-state index contributed by atoms with van der Waals surface area (Å²) in [5.74, 6) is 0. The van der Waals surface area contributed by atoms with Crippen LogP contribution >= 0.6 is 85.2 Å². The van der Waals surface area contributed by atoms with Crippen LogP contribution in [0, 0.1) is 0 Å². The van der Waals surface area contributed by atoms with Crippen LogP contribution in [-0.2, 0) is 0 Å². The molecule has 3 saturated carbocycles. The van der Waals surface area contributed by atoms with Gasteiger partial charge in [-0.3, -0.25) is 0 Å². The van der Waals surface area contributed by atoms with Crippen LogP contribution in [0.1, 0.15) is 77.0 Å². The van der Waals surface area contributed by atoms with Crippen LogP contribution in [0.15, 0.2) is 0 Å². The zero-order chi connectivity index (χ0) is 10.5. The predicted molar refractivity (Wildman–Crippen MR) is 114 cm³/mol. The molecule has 0 spiro atoms. The average Bonchev–Trinajstić information content (AvgIpc) is 1.77. The second-order valence-corrected chi connectivity index (χ2v) is 4.24. The molecule has 0 unspecified atom stereocenters. The van der Waals surface area contributed by atoms with Crippen molar-refractivity contribution < 1.29 is 0 Å². The molecule has 0 saturated heterocycles. The van der Waals surface area contributed by atoms with Crippen molar-refractivity contribution in [3.63, 3.8) is 0 Å². The molecule has 3 rings (SSSR count). The Hall–Kier alpha value is 2.92. The Morgan fingerprint density at radius 3 is 0.375 bits per heavy atom. The van der Waals surface area contributed by atoms with E-state index in [1.807, 2.05) is 0 Å². The molecule has 4 heteroatoms. The van der Waals surface area contributed by atoms with Gasteiger partial charge in [-0.15, -0.1) is 48.0 Å². The maximum absolute atomic E-state index is 2.12. The first-order valence-electron chi connectivity index (χ1n) is 6.14. The number of hydrogen-bond donors (Lipinski definition) is 0. The third-order valence-corrected chi connectivity index (χ3v) is 3.00. The Balaban J connectivity index is -0.000000139. The Labute approximate surface area is 160 Å². The first kappa shape index (κ1) is 24.0. The molecule has 3 fully saturated rings. The van der Waals surface area contributed by atoms with Gasteiger partial charge in [0.15, 0.2) is 0 Å². The summed E-state index contributed by atoms with van der Waals surface area (Å²) in [6.07, 6.45) is 18.0. The fourth-order valence-electron chi connectivity index (χ4n) is 0.750. The molecule has 16 heavy (non-hydrogen) atoms. The fraction of sp³-hybridized carbons (Fsp3) is 1.00. The molecule has 102 valence electrons. The topological polar surface area (TPSA) is 0 Å². The third kappa shape index (κ3) is 19.3. The molecule has 0 heterocycles. The summed E-state index contributed by atoms with van der Waals surface area (Å²) in [7, 11) is 0. The first-order valence-corrected chi connectivity index (χ1v) is 12.4. The lowest BCUT2D eigenvalue weighted by molar-refractivity contribution is 0.504. The van der Waals surface area contributed by atoms with Crippen molar-refractivity contribution in [2.75, 3.05) is 0 Å². The lowest BCUT2D eigenvalue weighted by Gasteiger charge is -2.05. The molecule has 0 aromatic heterocycles. The van der Waals surface area contributed by atoms with Crippen LogP contribution < -0.4 is 0 Å². The molecule has 0 bridgehead atoms. The van der Waals surface area contributed by atoms with Crippen LogP contribution in [0.3, 0.4) is 0 Å². The lowest BCUT2D eigenvalue weighted by atomic mass is 10.0. The van der Waals surface area contributed by atoms with E-state index in [1.54, 1.807) is 0 Å². The zero-order valence-electron chi connectivity index (χ0n) is 10.1. The summed E-state index contributed by atoms with van der Waals surface area (Å²) in [5, 5.41) is 0. The molecular formula is C12H26I4. The van der Waals surface area contributed by atoms with Gasteiger partial charge < -0.3 is 0 Å². The van der Waals surface area contributed by atoms with E-state index in [0.29, 0.717) is 0 Å². The average molecular weight is 678 g/mol. The predicted octanol–water partition coefficient (Wildman–Crippen LogP) is 7.69. The molecule has 0 nitrogen and oxygen atoms in total. The number of halogens is 4. The SMILES string of the molecule is C1CCC1.C1CCC1.C1CCC1.I.I.II. The second-order valence-electron chi connectivity index (χ2n) is 4.24. The fourth-order valence-corrected chi connectivity index (χ4v) is 0.750. The maximum atomic E-state index is 2.12. The van der Waals surface area contributed by atoms with Gasteiger partial charge in [-0.05, 0) is 0 Å². The molecule has 0 radical (unpaired) electrons. The van der Waals surface area contributed by atoms with E-state index in [0.717, 1.165) is 0 Å². The second kappa shape index (κ2) is 23.0. The minimum absolute atomic E-state index is 0. The summed E-state index contributed by atoms with van der Waals surface area (Å²) >= 11 is 4.24. The molecule has 0 amide bonds. The van der Waals surface area contributed by atoms with Crippen molar-refractivity contribution in [2.45, 2.75) is 77.0 Å². The summed E-state index contributed by atoms with van der Waals surface area (Å²) in [6, 6.07) is 0. The molecule has 0 aromatic rings. The molecule has 3 aliphatic carbocycles. The monoisotopic (exact) mass is 678 g/mol. The highest BCUT2D eigenvalue weighted by atomic mass is 128. The Bertz CT molecular complexity index is 56.0. The van der Waals surface area contributed by atoms with Crippen molar-refractivity contribution in [3.8, 4) is 0 Å². The van der Waals surface area contributed by atoms with Gasteiger partial charge in [0.1, 0.15) is 0 Å². The van der Waals surface area contributed by atoms with E-state index in [1.165, 1.54) is 77.0 Å². The number of hydrogen-bond acceptors (Lipinski definition) is 0. The summed E-state index contributed by atoms with van der Waals surface area (Å²) < 4.78 is 0. The molecule has 0 atom stereocenters. The standard InChI is InChI=1S/3C4H8.I2.2HI/c3*1-2-4-3-1;1-2;;/h3*1-4H2;;2*1H. The Morgan fingerprint density at radius 2 is 0.375 bits per heavy atom. The lowest BCUT2D eigenvalue weighted by Crippen LogP contribution is -1.85. The minimum atomic E-state index is 0. The largest absolute Gasteiger partial charge is 0.107 e. The van der Waals surface area contributed by atoms with Gasteiger partial charge in [0, 0.05) is 37.2 Å². The van der Waals surface area contributed by atoms with Crippen LogP contribution in [-0.4, -0.2) is 0 Å². The Morgan fingerprint density at radius 1 is 0.312 bits per heavy atom. The van der Waals surface area contributed by atoms with E-state index in [-0.39, 0.29) is 48.0 Å². The van der Waals surface area contributed by atoms with E-state index in [9.17, 15) is 0 Å². The van der Waals surface area contributed by atoms with Gasteiger partial charge >= 0.3 is 0 Å². The van der Waals surface area contributed by atoms with E-state index in [4.69, 9.17) is 0 Å². The Kier molecular flexibility index (Phi) is 34.5. The molecule has 0 aliphatic heterocycles. The van der Waals surface area contributed by atoms with E-state index in [2.05, 4.69) is 37.2 Å². The molecule has 0 N–H and O–H groups in total. The zero-order valence-corrected chi connectivity index (χ0v) is 19.0. The quantitative estimate of drug-likeness (QED) is 0.231. The highest BCUT2D eigenvalue weighted by Crippen LogP contribution is 2.15. The van der Waals surface area contributed by atoms with Gasteiger partial charge in [-0.25, -0.2) is 0 Å². The van der Waals surface area contributed by atoms with Gasteiger partial charge in [-0.1, -0.05) is 77.0 Å². The normalized spacial score (nSPS) is 18.4. The summed E-state index contributed by atoms with van der Waals surface area (Å²) in [5.41, 5.74) is 0. The minimum Gasteiger partial charge on any atom is -0.107 e. The van der Waals surface area contributed by atoms with Gasteiger partial charge in [0.05, 0.1) is 0 Å². The van der Waals surface area contributed by atoms with Crippen LogP contribution in [0.5, 0.6) is 0 Å². The van der Waals surface area contributed by atoms with Crippen molar-refractivity contribution in [3.05, 3.63) is 0 Å². The molecule has 0 aromatic carbocycles. The maximum Gasteiger partial charge on any atom is 0 e. The van der Waals surface area contributed by atoms with Crippen molar-refractivity contribution in [1.82, 2.24) is 0 Å². The third-order valence-electron chi connectivity index (χ3n) is 3.00. The van der Waals surface area contributed by atoms with Crippen molar-refractivity contribution in [2.24, 2.45) is 0 Å². The number of rotatable bonds is 0. The highest BCUT2D eigenvalue weighted by molar-refractivity contribution is 15.0. The van der Waals surface area contributed by atoms with E-state index < -0.39 is 0 Å². The van der Waals surface area contributed by atoms with Crippen LogP contribution in [0.2, 0.25) is 0 Å². The van der Waals surface area contributed by atoms with Crippen molar-refractivity contribution >= 4 is 85.2 Å². The van der Waals surface area contributed by atoms with Gasteiger partial charge in [0.2, 0.25) is 0 Å². The highest BCUT2D eigenvalue weighted by Gasteiger charge is 1.96. The van der Waals surface area contributed by atoms with E-state index >= 15 is 0 Å². The van der Waals surface area contributed by atoms with Crippen molar-refractivity contribution in [1.29, 1.82) is 0 Å². The smallest absolute Gasteiger partial charge is 0 e. The van der Waals surface area contributed by atoms with Crippen LogP contribution in [0.4, 0.5) is 0 Å². The van der Waals surface area contributed by atoms with Gasteiger partial charge in [-0.2, -0.15) is 0 Å².